The second kappa shape index (κ2) is 4.21. The summed E-state index contributed by atoms with van der Waals surface area (Å²) in [6, 6.07) is 3.35. The van der Waals surface area contributed by atoms with Crippen molar-refractivity contribution in [2.45, 2.75) is 38.1 Å². The van der Waals surface area contributed by atoms with Crippen LogP contribution in [-0.4, -0.2) is 15.6 Å². The van der Waals surface area contributed by atoms with Crippen LogP contribution in [0.3, 0.4) is 0 Å². The molecule has 4 saturated carbocycles. The number of carboxylic acid groups (broad SMARTS) is 1. The van der Waals surface area contributed by atoms with Crippen LogP contribution in [0.1, 0.15) is 48.5 Å². The maximum atomic E-state index is 12.4. The molecule has 1 heterocycles. The average Bonchev–Trinajstić information content (AvgIpc) is 2.39. The van der Waals surface area contributed by atoms with E-state index in [0.29, 0.717) is 11.8 Å². The summed E-state index contributed by atoms with van der Waals surface area (Å²) in [5.74, 6) is 1.74. The van der Waals surface area contributed by atoms with Crippen LogP contribution >= 0.6 is 0 Å². The summed E-state index contributed by atoms with van der Waals surface area (Å²) in [4.78, 5) is 23.6. The molecule has 4 heteroatoms. The van der Waals surface area contributed by atoms with E-state index in [9.17, 15) is 9.59 Å². The Morgan fingerprint density at radius 3 is 2.25 bits per heavy atom. The molecule has 4 aliphatic carbocycles. The van der Waals surface area contributed by atoms with Gasteiger partial charge in [-0.2, -0.15) is 0 Å². The van der Waals surface area contributed by atoms with E-state index in [1.165, 1.54) is 38.2 Å². The molecule has 0 aliphatic heterocycles. The van der Waals surface area contributed by atoms with Gasteiger partial charge in [0.1, 0.15) is 5.56 Å². The van der Waals surface area contributed by atoms with E-state index in [4.69, 9.17) is 5.11 Å². The Kier molecular flexibility index (Phi) is 2.56. The third-order valence-electron chi connectivity index (χ3n) is 5.70. The van der Waals surface area contributed by atoms with Crippen molar-refractivity contribution < 1.29 is 9.90 Å². The maximum Gasteiger partial charge on any atom is 0.341 e. The topological polar surface area (TPSA) is 59.3 Å². The van der Waals surface area contributed by atoms with Gasteiger partial charge >= 0.3 is 5.97 Å². The second-order valence-electron chi connectivity index (χ2n) is 6.86. The fourth-order valence-corrected chi connectivity index (χ4v) is 5.26. The molecule has 0 atom stereocenters. The van der Waals surface area contributed by atoms with E-state index in [0.717, 1.165) is 11.8 Å². The number of hydrogen-bond donors (Lipinski definition) is 1. The molecule has 4 aliphatic rings. The van der Waals surface area contributed by atoms with Crippen LogP contribution in [0.4, 0.5) is 0 Å². The molecule has 0 radical (unpaired) electrons. The van der Waals surface area contributed by atoms with Crippen LogP contribution in [0.5, 0.6) is 0 Å². The Balaban J connectivity index is 1.77. The van der Waals surface area contributed by atoms with E-state index in [1.807, 2.05) is 0 Å². The number of nitrogens with zero attached hydrogens (tertiary/aromatic N) is 1. The summed E-state index contributed by atoms with van der Waals surface area (Å²) < 4.78 is 1.73. The molecule has 20 heavy (non-hydrogen) atoms. The molecule has 4 nitrogen and oxygen atoms in total. The van der Waals surface area contributed by atoms with E-state index >= 15 is 0 Å². The number of pyridine rings is 1. The van der Waals surface area contributed by atoms with Crippen molar-refractivity contribution in [3.8, 4) is 0 Å². The molecule has 0 unspecified atom stereocenters. The average molecular weight is 273 g/mol. The standard InChI is InChI=1S/C16H19NO3/c18-15-13(16(19)20)2-1-3-17(15)14-11-5-9-4-10(7-11)8-12(14)6-9/h1-3,9-12,14H,4-8H2,(H,19,20). The highest BCUT2D eigenvalue weighted by molar-refractivity contribution is 5.86. The van der Waals surface area contributed by atoms with Crippen molar-refractivity contribution in [2.75, 3.05) is 0 Å². The predicted molar refractivity (Wildman–Crippen MR) is 73.7 cm³/mol. The van der Waals surface area contributed by atoms with Gasteiger partial charge in [-0.05, 0) is 67.9 Å². The van der Waals surface area contributed by atoms with Crippen LogP contribution in [-0.2, 0) is 0 Å². The molecule has 0 spiro atoms. The van der Waals surface area contributed by atoms with Crippen molar-refractivity contribution in [3.05, 3.63) is 34.2 Å². The summed E-state index contributed by atoms with van der Waals surface area (Å²) in [6.07, 6.45) is 8.07. The minimum absolute atomic E-state index is 0.0960. The molecule has 106 valence electrons. The first-order chi connectivity index (χ1) is 9.63. The molecule has 1 N–H and O–H groups in total. The molecule has 0 amide bonds. The van der Waals surface area contributed by atoms with E-state index in [1.54, 1.807) is 16.8 Å². The number of hydrogen-bond acceptors (Lipinski definition) is 2. The zero-order valence-corrected chi connectivity index (χ0v) is 11.4. The molecule has 1 aromatic rings. The number of rotatable bonds is 2. The highest BCUT2D eigenvalue weighted by Gasteiger charge is 2.49. The van der Waals surface area contributed by atoms with Crippen LogP contribution in [0.15, 0.2) is 23.1 Å². The lowest BCUT2D eigenvalue weighted by molar-refractivity contribution is -0.0305. The quantitative estimate of drug-likeness (QED) is 0.900. The van der Waals surface area contributed by atoms with Crippen molar-refractivity contribution in [2.24, 2.45) is 23.7 Å². The first kappa shape index (κ1) is 12.2. The Morgan fingerprint density at radius 2 is 1.70 bits per heavy atom. The third kappa shape index (κ3) is 1.67. The smallest absolute Gasteiger partial charge is 0.341 e. The van der Waals surface area contributed by atoms with Crippen molar-refractivity contribution in [1.82, 2.24) is 4.57 Å². The Morgan fingerprint density at radius 1 is 1.10 bits per heavy atom. The fourth-order valence-electron chi connectivity index (χ4n) is 5.26. The Bertz CT molecular complexity index is 590. The zero-order valence-electron chi connectivity index (χ0n) is 11.4. The highest BCUT2D eigenvalue weighted by atomic mass is 16.4. The van der Waals surface area contributed by atoms with E-state index in [2.05, 4.69) is 0 Å². The SMILES string of the molecule is O=C(O)c1cccn(C2C3CC4CC(C3)CC2C4)c1=O. The Hall–Kier alpha value is -1.58. The minimum Gasteiger partial charge on any atom is -0.477 e. The van der Waals surface area contributed by atoms with Crippen molar-refractivity contribution >= 4 is 5.97 Å². The lowest BCUT2D eigenvalue weighted by atomic mass is 9.54. The van der Waals surface area contributed by atoms with Gasteiger partial charge in [0.2, 0.25) is 0 Å². The number of carbonyl (C=O) groups is 1. The van der Waals surface area contributed by atoms with Gasteiger partial charge in [0, 0.05) is 12.2 Å². The first-order valence-electron chi connectivity index (χ1n) is 7.58. The molecular weight excluding hydrogens is 254 g/mol. The predicted octanol–water partition coefficient (Wildman–Crippen LogP) is 2.54. The molecule has 1 aromatic heterocycles. The van der Waals surface area contributed by atoms with E-state index in [-0.39, 0.29) is 17.2 Å². The molecule has 4 fully saturated rings. The normalized spacial score (nSPS) is 38.1. The summed E-state index contributed by atoms with van der Waals surface area (Å²) in [5, 5.41) is 9.13. The maximum absolute atomic E-state index is 12.4. The summed E-state index contributed by atoms with van der Waals surface area (Å²) in [5.41, 5.74) is -0.418. The van der Waals surface area contributed by atoms with Crippen LogP contribution in [0.25, 0.3) is 0 Å². The molecular formula is C16H19NO3. The third-order valence-corrected chi connectivity index (χ3v) is 5.70. The zero-order chi connectivity index (χ0) is 13.9. The summed E-state index contributed by atoms with van der Waals surface area (Å²) in [7, 11) is 0. The molecule has 0 aromatic carbocycles. The van der Waals surface area contributed by atoms with Gasteiger partial charge in [-0.25, -0.2) is 4.79 Å². The number of aromatic nitrogens is 1. The van der Waals surface area contributed by atoms with Crippen molar-refractivity contribution in [1.29, 1.82) is 0 Å². The fraction of sp³-hybridized carbons (Fsp3) is 0.625. The number of carboxylic acids is 1. The van der Waals surface area contributed by atoms with Crippen LogP contribution < -0.4 is 5.56 Å². The van der Waals surface area contributed by atoms with Gasteiger partial charge in [-0.3, -0.25) is 4.79 Å². The largest absolute Gasteiger partial charge is 0.477 e. The van der Waals surface area contributed by atoms with Gasteiger partial charge in [-0.15, -0.1) is 0 Å². The van der Waals surface area contributed by atoms with Gasteiger partial charge in [-0.1, -0.05) is 0 Å². The lowest BCUT2D eigenvalue weighted by Crippen LogP contribution is -2.48. The number of aromatic carboxylic acids is 1. The van der Waals surface area contributed by atoms with Gasteiger partial charge in [0.05, 0.1) is 0 Å². The first-order valence-corrected chi connectivity index (χ1v) is 7.58. The Labute approximate surface area is 117 Å². The lowest BCUT2D eigenvalue weighted by Gasteiger charge is -2.54. The molecule has 0 saturated heterocycles. The van der Waals surface area contributed by atoms with Gasteiger partial charge in [0.15, 0.2) is 0 Å². The molecule has 4 bridgehead atoms. The van der Waals surface area contributed by atoms with Gasteiger partial charge in [0.25, 0.3) is 5.56 Å². The second-order valence-corrected chi connectivity index (χ2v) is 6.86. The summed E-state index contributed by atoms with van der Waals surface area (Å²) in [6.45, 7) is 0. The van der Waals surface area contributed by atoms with Crippen molar-refractivity contribution in [3.63, 3.8) is 0 Å². The van der Waals surface area contributed by atoms with Crippen LogP contribution in [0, 0.1) is 23.7 Å². The minimum atomic E-state index is -1.12. The highest BCUT2D eigenvalue weighted by Crippen LogP contribution is 2.57. The monoisotopic (exact) mass is 273 g/mol. The van der Waals surface area contributed by atoms with Crippen LogP contribution in [0.2, 0.25) is 0 Å². The summed E-state index contributed by atoms with van der Waals surface area (Å²) >= 11 is 0. The molecule has 5 rings (SSSR count). The van der Waals surface area contributed by atoms with Gasteiger partial charge < -0.3 is 9.67 Å². The van der Waals surface area contributed by atoms with E-state index < -0.39 is 5.97 Å².